The Morgan fingerprint density at radius 1 is 1.60 bits per heavy atom. The van der Waals surface area contributed by atoms with E-state index in [4.69, 9.17) is 4.74 Å². The van der Waals surface area contributed by atoms with Gasteiger partial charge in [0.15, 0.2) is 0 Å². The average Bonchev–Trinajstić information content (AvgIpc) is 2.33. The molecule has 110 valence electrons. The molecule has 5 heteroatoms. The number of pyridine rings is 1. The van der Waals surface area contributed by atoms with Crippen molar-refractivity contribution in [1.82, 2.24) is 9.88 Å². The number of aliphatic hydroxyl groups is 1. The number of ether oxygens (including phenoxy) is 1. The molecule has 0 saturated carbocycles. The van der Waals surface area contributed by atoms with E-state index in [-0.39, 0.29) is 12.1 Å². The Hall–Kier alpha value is -1.62. The Balaban J connectivity index is 1.89. The quantitative estimate of drug-likeness (QED) is 0.922. The molecule has 1 aliphatic rings. The topological polar surface area (TPSA) is 62.7 Å². The summed E-state index contributed by atoms with van der Waals surface area (Å²) in [4.78, 5) is 17.7. The van der Waals surface area contributed by atoms with E-state index in [1.807, 2.05) is 26.8 Å². The largest absolute Gasteiger partial charge is 0.444 e. The maximum atomic E-state index is 12.0. The van der Waals surface area contributed by atoms with Gasteiger partial charge in [0.2, 0.25) is 0 Å². The van der Waals surface area contributed by atoms with E-state index >= 15 is 0 Å². The molecule has 2 heterocycles. The summed E-state index contributed by atoms with van der Waals surface area (Å²) < 4.78 is 5.35. The molecular weight excluding hydrogens is 256 g/mol. The van der Waals surface area contributed by atoms with Gasteiger partial charge in [-0.15, -0.1) is 0 Å². The highest BCUT2D eigenvalue weighted by Crippen LogP contribution is 2.29. The molecule has 0 aromatic carbocycles. The zero-order valence-corrected chi connectivity index (χ0v) is 12.2. The third-order valence-corrected chi connectivity index (χ3v) is 3.34. The molecular formula is C15H22N2O3. The van der Waals surface area contributed by atoms with Gasteiger partial charge >= 0.3 is 6.09 Å². The van der Waals surface area contributed by atoms with E-state index in [1.165, 1.54) is 0 Å². The van der Waals surface area contributed by atoms with Crippen molar-refractivity contribution < 1.29 is 14.6 Å². The Labute approximate surface area is 119 Å². The zero-order valence-electron chi connectivity index (χ0n) is 12.2. The molecule has 1 amide bonds. The molecule has 1 saturated heterocycles. The third kappa shape index (κ3) is 3.70. The third-order valence-electron chi connectivity index (χ3n) is 3.34. The number of aromatic nitrogens is 1. The van der Waals surface area contributed by atoms with Crippen LogP contribution in [0.5, 0.6) is 0 Å². The van der Waals surface area contributed by atoms with Crippen molar-refractivity contribution in [2.24, 2.45) is 0 Å². The fourth-order valence-electron chi connectivity index (χ4n) is 2.21. The van der Waals surface area contributed by atoms with E-state index < -0.39 is 11.7 Å². The van der Waals surface area contributed by atoms with Crippen molar-refractivity contribution in [3.63, 3.8) is 0 Å². The number of carbonyl (C=O) groups excluding carboxylic acids is 1. The summed E-state index contributed by atoms with van der Waals surface area (Å²) in [6.45, 7) is 6.25. The van der Waals surface area contributed by atoms with Crippen molar-refractivity contribution in [2.75, 3.05) is 6.54 Å². The number of nitrogens with zero attached hydrogens (tertiary/aromatic N) is 2. The molecule has 0 aliphatic carbocycles. The Morgan fingerprint density at radius 2 is 2.35 bits per heavy atom. The summed E-state index contributed by atoms with van der Waals surface area (Å²) >= 11 is 0. The van der Waals surface area contributed by atoms with Crippen LogP contribution in [0.4, 0.5) is 4.79 Å². The van der Waals surface area contributed by atoms with Crippen molar-refractivity contribution >= 4 is 6.09 Å². The summed E-state index contributed by atoms with van der Waals surface area (Å²) in [5, 5.41) is 10.2. The van der Waals surface area contributed by atoms with Crippen molar-refractivity contribution in [2.45, 2.75) is 51.4 Å². The number of rotatable bonds is 3. The van der Waals surface area contributed by atoms with Crippen LogP contribution in [0.15, 0.2) is 24.5 Å². The second-order valence-corrected chi connectivity index (χ2v) is 6.15. The molecule has 2 rings (SSSR count). The SMILES string of the molecule is CC(C)(C)OC(=O)N1CCC1CC(O)c1cccnc1. The lowest BCUT2D eigenvalue weighted by Gasteiger charge is -2.42. The van der Waals surface area contributed by atoms with E-state index in [0.29, 0.717) is 13.0 Å². The van der Waals surface area contributed by atoms with Gasteiger partial charge in [0.1, 0.15) is 5.60 Å². The first-order valence-electron chi connectivity index (χ1n) is 6.94. The second-order valence-electron chi connectivity index (χ2n) is 6.15. The number of amides is 1. The lowest BCUT2D eigenvalue weighted by molar-refractivity contribution is -0.0156. The van der Waals surface area contributed by atoms with Gasteiger partial charge < -0.3 is 14.7 Å². The van der Waals surface area contributed by atoms with Crippen LogP contribution < -0.4 is 0 Å². The summed E-state index contributed by atoms with van der Waals surface area (Å²) in [5.74, 6) is 0. The minimum atomic E-state index is -0.598. The molecule has 1 fully saturated rings. The van der Waals surface area contributed by atoms with Crippen molar-refractivity contribution in [3.8, 4) is 0 Å². The molecule has 20 heavy (non-hydrogen) atoms. The number of hydrogen-bond donors (Lipinski definition) is 1. The van der Waals surface area contributed by atoms with Crippen LogP contribution >= 0.6 is 0 Å². The lowest BCUT2D eigenvalue weighted by Crippen LogP contribution is -2.53. The molecule has 2 unspecified atom stereocenters. The zero-order chi connectivity index (χ0) is 14.8. The molecule has 0 spiro atoms. The fourth-order valence-corrected chi connectivity index (χ4v) is 2.21. The number of hydrogen-bond acceptors (Lipinski definition) is 4. The van der Waals surface area contributed by atoms with Crippen molar-refractivity contribution in [1.29, 1.82) is 0 Å². The standard InChI is InChI=1S/C15H22N2O3/c1-15(2,3)20-14(19)17-8-6-12(17)9-13(18)11-5-4-7-16-10-11/h4-5,7,10,12-13,18H,6,8-9H2,1-3H3. The highest BCUT2D eigenvalue weighted by Gasteiger charge is 2.36. The van der Waals surface area contributed by atoms with Gasteiger partial charge in [0.05, 0.1) is 6.10 Å². The molecule has 1 aromatic rings. The van der Waals surface area contributed by atoms with Crippen LogP contribution in [-0.2, 0) is 4.74 Å². The maximum Gasteiger partial charge on any atom is 0.410 e. The Morgan fingerprint density at radius 3 is 2.85 bits per heavy atom. The first-order chi connectivity index (χ1) is 9.37. The molecule has 5 nitrogen and oxygen atoms in total. The van der Waals surface area contributed by atoms with Crippen LogP contribution in [0.2, 0.25) is 0 Å². The summed E-state index contributed by atoms with van der Waals surface area (Å²) in [6.07, 6.45) is 3.85. The second kappa shape index (κ2) is 5.79. The Kier molecular flexibility index (Phi) is 4.28. The predicted octanol–water partition coefficient (Wildman–Crippen LogP) is 2.51. The molecule has 1 aromatic heterocycles. The molecule has 1 aliphatic heterocycles. The van der Waals surface area contributed by atoms with Crippen LogP contribution in [0.3, 0.4) is 0 Å². The van der Waals surface area contributed by atoms with Crippen molar-refractivity contribution in [3.05, 3.63) is 30.1 Å². The van der Waals surface area contributed by atoms with Gasteiger partial charge in [0, 0.05) is 25.0 Å². The normalized spacial score (nSPS) is 20.2. The lowest BCUT2D eigenvalue weighted by atomic mass is 9.94. The highest BCUT2D eigenvalue weighted by molar-refractivity contribution is 5.69. The summed E-state index contributed by atoms with van der Waals surface area (Å²) in [5.41, 5.74) is 0.294. The van der Waals surface area contributed by atoms with Gasteiger partial charge in [-0.2, -0.15) is 0 Å². The van der Waals surface area contributed by atoms with Crippen LogP contribution in [-0.4, -0.2) is 39.3 Å². The van der Waals surface area contributed by atoms with E-state index in [2.05, 4.69) is 4.98 Å². The first-order valence-corrected chi connectivity index (χ1v) is 6.94. The Bertz CT molecular complexity index is 456. The molecule has 0 bridgehead atoms. The van der Waals surface area contributed by atoms with Gasteiger partial charge in [-0.1, -0.05) is 6.07 Å². The number of likely N-dealkylation sites (tertiary alicyclic amines) is 1. The molecule has 1 N–H and O–H groups in total. The van der Waals surface area contributed by atoms with Gasteiger partial charge in [-0.3, -0.25) is 4.98 Å². The highest BCUT2D eigenvalue weighted by atomic mass is 16.6. The van der Waals surface area contributed by atoms with Gasteiger partial charge in [-0.25, -0.2) is 4.79 Å². The van der Waals surface area contributed by atoms with Gasteiger partial charge in [-0.05, 0) is 45.2 Å². The smallest absolute Gasteiger partial charge is 0.410 e. The summed E-state index contributed by atoms with van der Waals surface area (Å²) in [6, 6.07) is 3.68. The van der Waals surface area contributed by atoms with Crippen LogP contribution in [0.25, 0.3) is 0 Å². The molecule has 0 radical (unpaired) electrons. The van der Waals surface area contributed by atoms with E-state index in [0.717, 1.165) is 12.0 Å². The maximum absolute atomic E-state index is 12.0. The van der Waals surface area contributed by atoms with Crippen LogP contribution in [0.1, 0.15) is 45.3 Å². The van der Waals surface area contributed by atoms with Gasteiger partial charge in [0.25, 0.3) is 0 Å². The summed E-state index contributed by atoms with van der Waals surface area (Å²) in [7, 11) is 0. The average molecular weight is 278 g/mol. The fraction of sp³-hybridized carbons (Fsp3) is 0.600. The minimum absolute atomic E-state index is 0.0417. The number of carbonyl (C=O) groups is 1. The molecule has 2 atom stereocenters. The first kappa shape index (κ1) is 14.8. The minimum Gasteiger partial charge on any atom is -0.444 e. The predicted molar refractivity (Wildman–Crippen MR) is 75.2 cm³/mol. The van der Waals surface area contributed by atoms with E-state index in [9.17, 15) is 9.90 Å². The number of aliphatic hydroxyl groups excluding tert-OH is 1. The van der Waals surface area contributed by atoms with Crippen LogP contribution in [0, 0.1) is 0 Å². The monoisotopic (exact) mass is 278 g/mol. The van der Waals surface area contributed by atoms with E-state index in [1.54, 1.807) is 23.4 Å².